The van der Waals surface area contributed by atoms with Gasteiger partial charge in [0.25, 0.3) is 0 Å². The van der Waals surface area contributed by atoms with Crippen LogP contribution in [0.25, 0.3) is 5.69 Å². The molecule has 29 heavy (non-hydrogen) atoms. The van der Waals surface area contributed by atoms with Crippen LogP contribution in [0, 0.1) is 0 Å². The van der Waals surface area contributed by atoms with Gasteiger partial charge in [-0.25, -0.2) is 18.5 Å². The van der Waals surface area contributed by atoms with E-state index in [-0.39, 0.29) is 16.6 Å². The molecule has 0 saturated heterocycles. The second kappa shape index (κ2) is 9.57. The molecule has 3 rings (SSSR count). The number of carbonyl (C=O) groups excluding carboxylic acids is 1. The van der Waals surface area contributed by atoms with Crippen molar-refractivity contribution in [3.05, 3.63) is 71.0 Å². The maximum absolute atomic E-state index is 12.1. The van der Waals surface area contributed by atoms with Gasteiger partial charge in [0.15, 0.2) is 5.16 Å². The summed E-state index contributed by atoms with van der Waals surface area (Å²) in [7, 11) is -3.69. The Morgan fingerprint density at radius 3 is 2.48 bits per heavy atom. The third kappa shape index (κ3) is 6.17. The summed E-state index contributed by atoms with van der Waals surface area (Å²) in [6.45, 7) is 0.454. The Labute approximate surface area is 181 Å². The molecule has 152 valence electrons. The number of primary sulfonamides is 1. The summed E-state index contributed by atoms with van der Waals surface area (Å²) in [5, 5.41) is 8.67. The Morgan fingerprint density at radius 2 is 1.83 bits per heavy atom. The molecular weight excluding hydrogens is 476 g/mol. The van der Waals surface area contributed by atoms with Crippen LogP contribution in [0.1, 0.15) is 5.56 Å². The van der Waals surface area contributed by atoms with Gasteiger partial charge < -0.3 is 5.32 Å². The summed E-state index contributed by atoms with van der Waals surface area (Å²) >= 11 is 4.77. The standard InChI is InChI=1S/C19H19BrN4O3S2/c20-15-3-5-16(6-4-15)24-12-11-23-19(24)28-13-18(25)22-10-9-14-1-7-17(8-2-14)29(21,26)27/h1-8,11-12H,9-10,13H2,(H,22,25)(H2,21,26,27). The SMILES string of the molecule is NS(=O)(=O)c1ccc(CCNC(=O)CSc2nccn2-c2ccc(Br)cc2)cc1. The topological polar surface area (TPSA) is 107 Å². The predicted octanol–water partition coefficient (Wildman–Crippen LogP) is 2.73. The Kier molecular flexibility index (Phi) is 7.12. The zero-order chi connectivity index (χ0) is 20.9. The monoisotopic (exact) mass is 494 g/mol. The van der Waals surface area contributed by atoms with E-state index in [1.54, 1.807) is 18.3 Å². The van der Waals surface area contributed by atoms with E-state index in [0.29, 0.717) is 13.0 Å². The number of hydrogen-bond acceptors (Lipinski definition) is 5. The van der Waals surface area contributed by atoms with Crippen molar-refractivity contribution in [1.29, 1.82) is 0 Å². The highest BCUT2D eigenvalue weighted by Crippen LogP contribution is 2.21. The number of amides is 1. The summed E-state index contributed by atoms with van der Waals surface area (Å²) in [5.41, 5.74) is 1.88. The fourth-order valence-electron chi connectivity index (χ4n) is 2.57. The van der Waals surface area contributed by atoms with Gasteiger partial charge in [0.2, 0.25) is 15.9 Å². The normalized spacial score (nSPS) is 11.4. The average Bonchev–Trinajstić information content (AvgIpc) is 3.15. The van der Waals surface area contributed by atoms with Crippen molar-refractivity contribution in [2.75, 3.05) is 12.3 Å². The number of sulfonamides is 1. The molecule has 0 atom stereocenters. The molecule has 0 spiro atoms. The Bertz CT molecular complexity index is 1080. The van der Waals surface area contributed by atoms with Crippen LogP contribution in [0.5, 0.6) is 0 Å². The zero-order valence-electron chi connectivity index (χ0n) is 15.3. The van der Waals surface area contributed by atoms with E-state index in [1.807, 2.05) is 35.0 Å². The first kappa shape index (κ1) is 21.6. The number of thioether (sulfide) groups is 1. The zero-order valence-corrected chi connectivity index (χ0v) is 18.5. The molecule has 2 aromatic carbocycles. The number of halogens is 1. The number of imidazole rings is 1. The lowest BCUT2D eigenvalue weighted by atomic mass is 10.1. The van der Waals surface area contributed by atoms with E-state index in [1.165, 1.54) is 23.9 Å². The van der Waals surface area contributed by atoms with Crippen LogP contribution in [-0.4, -0.2) is 36.2 Å². The second-order valence-electron chi connectivity index (χ2n) is 6.13. The van der Waals surface area contributed by atoms with Gasteiger partial charge in [-0.1, -0.05) is 39.8 Å². The maximum atomic E-state index is 12.1. The number of nitrogens with one attached hydrogen (secondary N) is 1. The molecule has 0 bridgehead atoms. The van der Waals surface area contributed by atoms with E-state index in [9.17, 15) is 13.2 Å². The van der Waals surface area contributed by atoms with E-state index in [0.717, 1.165) is 20.9 Å². The minimum atomic E-state index is -3.69. The van der Waals surface area contributed by atoms with Crippen molar-refractivity contribution >= 4 is 43.6 Å². The minimum Gasteiger partial charge on any atom is -0.355 e. The predicted molar refractivity (Wildman–Crippen MR) is 117 cm³/mol. The van der Waals surface area contributed by atoms with Crippen LogP contribution in [-0.2, 0) is 21.2 Å². The molecule has 3 N–H and O–H groups in total. The molecule has 1 aromatic heterocycles. The molecular formula is C19H19BrN4O3S2. The molecule has 0 fully saturated rings. The molecule has 0 aliphatic carbocycles. The van der Waals surface area contributed by atoms with Crippen LogP contribution in [0.4, 0.5) is 0 Å². The number of nitrogens with two attached hydrogens (primary N) is 1. The largest absolute Gasteiger partial charge is 0.355 e. The molecule has 0 unspecified atom stereocenters. The average molecular weight is 495 g/mol. The van der Waals surface area contributed by atoms with Crippen LogP contribution in [0.3, 0.4) is 0 Å². The van der Waals surface area contributed by atoms with Gasteiger partial charge >= 0.3 is 0 Å². The molecule has 7 nitrogen and oxygen atoms in total. The summed E-state index contributed by atoms with van der Waals surface area (Å²) in [4.78, 5) is 16.5. The fraction of sp³-hybridized carbons (Fsp3) is 0.158. The highest BCUT2D eigenvalue weighted by molar-refractivity contribution is 9.10. The summed E-state index contributed by atoms with van der Waals surface area (Å²) in [6, 6.07) is 14.1. The molecule has 0 aliphatic rings. The molecule has 0 radical (unpaired) electrons. The maximum Gasteiger partial charge on any atom is 0.238 e. The van der Waals surface area contributed by atoms with Crippen LogP contribution in [0.2, 0.25) is 0 Å². The lowest BCUT2D eigenvalue weighted by Crippen LogP contribution is -2.27. The quantitative estimate of drug-likeness (QED) is 0.468. The van der Waals surface area contributed by atoms with Gasteiger partial charge in [-0.3, -0.25) is 9.36 Å². The molecule has 1 amide bonds. The van der Waals surface area contributed by atoms with E-state index in [2.05, 4.69) is 26.2 Å². The lowest BCUT2D eigenvalue weighted by molar-refractivity contribution is -0.118. The lowest BCUT2D eigenvalue weighted by Gasteiger charge is -2.08. The van der Waals surface area contributed by atoms with Crippen molar-refractivity contribution in [3.8, 4) is 5.69 Å². The van der Waals surface area contributed by atoms with Crippen LogP contribution < -0.4 is 10.5 Å². The number of nitrogens with zero attached hydrogens (tertiary/aromatic N) is 2. The first-order chi connectivity index (χ1) is 13.8. The van der Waals surface area contributed by atoms with Crippen molar-refractivity contribution in [2.24, 2.45) is 5.14 Å². The van der Waals surface area contributed by atoms with Crippen molar-refractivity contribution in [3.63, 3.8) is 0 Å². The van der Waals surface area contributed by atoms with Gasteiger partial charge in [0.1, 0.15) is 0 Å². The number of rotatable bonds is 8. The van der Waals surface area contributed by atoms with Crippen molar-refractivity contribution in [2.45, 2.75) is 16.5 Å². The third-order valence-corrected chi connectivity index (χ3v) is 6.46. The minimum absolute atomic E-state index is 0.0722. The van der Waals surface area contributed by atoms with E-state index < -0.39 is 10.0 Å². The smallest absolute Gasteiger partial charge is 0.238 e. The molecule has 0 saturated carbocycles. The number of carbonyl (C=O) groups is 1. The van der Waals surface area contributed by atoms with Crippen LogP contribution >= 0.6 is 27.7 Å². The first-order valence-electron chi connectivity index (χ1n) is 8.63. The Morgan fingerprint density at radius 1 is 1.14 bits per heavy atom. The number of hydrogen-bond donors (Lipinski definition) is 2. The first-order valence-corrected chi connectivity index (χ1v) is 12.0. The fourth-order valence-corrected chi connectivity index (χ4v) is 4.15. The molecule has 1 heterocycles. The molecule has 10 heteroatoms. The van der Waals surface area contributed by atoms with Crippen molar-refractivity contribution in [1.82, 2.24) is 14.9 Å². The van der Waals surface area contributed by atoms with Gasteiger partial charge in [-0.2, -0.15) is 0 Å². The summed E-state index contributed by atoms with van der Waals surface area (Å²) in [6.07, 6.45) is 4.15. The van der Waals surface area contributed by atoms with Crippen molar-refractivity contribution < 1.29 is 13.2 Å². The second-order valence-corrected chi connectivity index (χ2v) is 9.55. The molecule has 0 aliphatic heterocycles. The highest BCUT2D eigenvalue weighted by Gasteiger charge is 2.10. The number of aromatic nitrogens is 2. The van der Waals surface area contributed by atoms with Gasteiger partial charge in [-0.15, -0.1) is 0 Å². The van der Waals surface area contributed by atoms with E-state index in [4.69, 9.17) is 5.14 Å². The number of benzene rings is 2. The highest BCUT2D eigenvalue weighted by atomic mass is 79.9. The van der Waals surface area contributed by atoms with Gasteiger partial charge in [-0.05, 0) is 48.4 Å². The summed E-state index contributed by atoms with van der Waals surface area (Å²) < 4.78 is 25.4. The van der Waals surface area contributed by atoms with Crippen LogP contribution in [0.15, 0.2) is 75.4 Å². The van der Waals surface area contributed by atoms with Gasteiger partial charge in [0.05, 0.1) is 10.6 Å². The Hall–Kier alpha value is -2.14. The van der Waals surface area contributed by atoms with Gasteiger partial charge in [0, 0.05) is 29.1 Å². The summed E-state index contributed by atoms with van der Waals surface area (Å²) in [5.74, 6) is 0.152. The van der Waals surface area contributed by atoms with E-state index >= 15 is 0 Å². The third-order valence-electron chi connectivity index (χ3n) is 4.03. The molecule has 3 aromatic rings. The Balaban J connectivity index is 1.47.